The Labute approximate surface area is 137 Å². The molecular weight excluding hydrogens is 318 g/mol. The first kappa shape index (κ1) is 17.6. The van der Waals surface area contributed by atoms with E-state index in [4.69, 9.17) is 0 Å². The molecule has 6 nitrogen and oxygen atoms in total. The molecule has 1 aromatic heterocycles. The van der Waals surface area contributed by atoms with E-state index in [1.807, 2.05) is 13.8 Å². The highest BCUT2D eigenvalue weighted by Crippen LogP contribution is 2.12. The largest absolute Gasteiger partial charge is 0.340 e. The fraction of sp³-hybridized carbons (Fsp3) is 0.312. The van der Waals surface area contributed by atoms with Gasteiger partial charge in [0.1, 0.15) is 23.5 Å². The predicted octanol–water partition coefficient (Wildman–Crippen LogP) is 2.47. The van der Waals surface area contributed by atoms with E-state index in [0.717, 1.165) is 18.2 Å². The number of anilines is 1. The zero-order valence-corrected chi connectivity index (χ0v) is 13.3. The zero-order valence-electron chi connectivity index (χ0n) is 13.3. The van der Waals surface area contributed by atoms with E-state index in [0.29, 0.717) is 12.2 Å². The van der Waals surface area contributed by atoms with E-state index in [-0.39, 0.29) is 5.92 Å². The van der Waals surface area contributed by atoms with E-state index in [9.17, 15) is 18.4 Å². The molecule has 0 aliphatic heterocycles. The number of amides is 2. The normalized spacial score (nSPS) is 12.0. The molecule has 1 aromatic carbocycles. The number of aromatic amines is 1. The highest BCUT2D eigenvalue weighted by molar-refractivity contribution is 6.00. The maximum atomic E-state index is 13.7. The van der Waals surface area contributed by atoms with E-state index in [2.05, 4.69) is 20.8 Å². The van der Waals surface area contributed by atoms with Gasteiger partial charge in [-0.15, -0.1) is 0 Å². The molecule has 1 atom stereocenters. The van der Waals surface area contributed by atoms with Gasteiger partial charge >= 0.3 is 0 Å². The summed E-state index contributed by atoms with van der Waals surface area (Å²) < 4.78 is 26.9. The standard InChI is InChI=1S/C16H18F2N4O2/c1-9(2)7-13(16(24)21-14-5-6-19-22-14)20-15(23)11-8-10(17)3-4-12(11)18/h3-6,8-9,13H,7H2,1-2H3,(H,20,23)(H2,19,21,22,24). The molecule has 0 aliphatic carbocycles. The number of H-pyrrole nitrogens is 1. The van der Waals surface area contributed by atoms with Gasteiger partial charge < -0.3 is 10.6 Å². The van der Waals surface area contributed by atoms with Crippen LogP contribution in [0.1, 0.15) is 30.6 Å². The molecule has 2 rings (SSSR count). The maximum Gasteiger partial charge on any atom is 0.255 e. The fourth-order valence-electron chi connectivity index (χ4n) is 2.16. The van der Waals surface area contributed by atoms with Crippen molar-refractivity contribution in [1.82, 2.24) is 15.5 Å². The summed E-state index contributed by atoms with van der Waals surface area (Å²) >= 11 is 0. The topological polar surface area (TPSA) is 86.9 Å². The van der Waals surface area contributed by atoms with E-state index in [1.165, 1.54) is 6.20 Å². The van der Waals surface area contributed by atoms with Gasteiger partial charge in [-0.25, -0.2) is 8.78 Å². The Kier molecular flexibility index (Phi) is 5.62. The van der Waals surface area contributed by atoms with Crippen molar-refractivity contribution in [3.8, 4) is 0 Å². The van der Waals surface area contributed by atoms with Crippen LogP contribution in [0.3, 0.4) is 0 Å². The molecule has 128 valence electrons. The van der Waals surface area contributed by atoms with Crippen molar-refractivity contribution in [1.29, 1.82) is 0 Å². The van der Waals surface area contributed by atoms with Crippen LogP contribution in [0.25, 0.3) is 0 Å². The number of hydrogen-bond donors (Lipinski definition) is 3. The van der Waals surface area contributed by atoms with Crippen LogP contribution >= 0.6 is 0 Å². The third kappa shape index (κ3) is 4.61. The van der Waals surface area contributed by atoms with Crippen LogP contribution in [0.5, 0.6) is 0 Å². The first-order valence-corrected chi connectivity index (χ1v) is 7.43. The van der Waals surface area contributed by atoms with Gasteiger partial charge in [0.05, 0.1) is 11.8 Å². The lowest BCUT2D eigenvalue weighted by atomic mass is 10.0. The van der Waals surface area contributed by atoms with Gasteiger partial charge in [0.15, 0.2) is 0 Å². The molecule has 3 N–H and O–H groups in total. The van der Waals surface area contributed by atoms with Crippen LogP contribution in [-0.2, 0) is 4.79 Å². The molecule has 2 amide bonds. The first-order valence-electron chi connectivity index (χ1n) is 7.43. The van der Waals surface area contributed by atoms with Crippen molar-refractivity contribution in [2.75, 3.05) is 5.32 Å². The second-order valence-corrected chi connectivity index (χ2v) is 5.74. The minimum atomic E-state index is -0.900. The van der Waals surface area contributed by atoms with Crippen molar-refractivity contribution >= 4 is 17.6 Å². The van der Waals surface area contributed by atoms with E-state index < -0.39 is 35.1 Å². The smallest absolute Gasteiger partial charge is 0.255 e. The van der Waals surface area contributed by atoms with Gasteiger partial charge in [0, 0.05) is 6.07 Å². The lowest BCUT2D eigenvalue weighted by Crippen LogP contribution is -2.44. The summed E-state index contributed by atoms with van der Waals surface area (Å²) in [7, 11) is 0. The van der Waals surface area contributed by atoms with Crippen LogP contribution in [0.4, 0.5) is 14.6 Å². The number of carbonyl (C=O) groups excluding carboxylic acids is 2. The number of hydrogen-bond acceptors (Lipinski definition) is 3. The Balaban J connectivity index is 2.14. The van der Waals surface area contributed by atoms with Crippen molar-refractivity contribution < 1.29 is 18.4 Å². The van der Waals surface area contributed by atoms with Crippen LogP contribution in [0, 0.1) is 17.6 Å². The molecule has 0 fully saturated rings. The molecule has 8 heteroatoms. The maximum absolute atomic E-state index is 13.7. The molecule has 24 heavy (non-hydrogen) atoms. The van der Waals surface area contributed by atoms with Crippen LogP contribution < -0.4 is 10.6 Å². The van der Waals surface area contributed by atoms with Gasteiger partial charge in [0.2, 0.25) is 5.91 Å². The summed E-state index contributed by atoms with van der Waals surface area (Å²) in [6, 6.07) is 3.24. The Bertz CT molecular complexity index is 717. The zero-order chi connectivity index (χ0) is 17.7. The highest BCUT2D eigenvalue weighted by Gasteiger charge is 2.24. The monoisotopic (exact) mass is 336 g/mol. The summed E-state index contributed by atoms with van der Waals surface area (Å²) in [5, 5.41) is 11.3. The number of benzene rings is 1. The van der Waals surface area contributed by atoms with Crippen LogP contribution in [0.15, 0.2) is 30.5 Å². The molecule has 0 bridgehead atoms. The SMILES string of the molecule is CC(C)CC(NC(=O)c1cc(F)ccc1F)C(=O)Nc1ccn[nH]1. The molecule has 1 unspecified atom stereocenters. The highest BCUT2D eigenvalue weighted by atomic mass is 19.1. The minimum Gasteiger partial charge on any atom is -0.340 e. The summed E-state index contributed by atoms with van der Waals surface area (Å²) in [4.78, 5) is 24.5. The quantitative estimate of drug-likeness (QED) is 0.757. The molecular formula is C16H18F2N4O2. The van der Waals surface area contributed by atoms with Crippen molar-refractivity contribution in [2.24, 2.45) is 5.92 Å². The van der Waals surface area contributed by atoms with Gasteiger partial charge in [-0.3, -0.25) is 14.7 Å². The number of nitrogens with zero attached hydrogens (tertiary/aromatic N) is 1. The van der Waals surface area contributed by atoms with Crippen molar-refractivity contribution in [3.05, 3.63) is 47.7 Å². The Morgan fingerprint density at radius 3 is 2.62 bits per heavy atom. The number of nitrogens with one attached hydrogen (secondary N) is 3. The summed E-state index contributed by atoms with van der Waals surface area (Å²) in [5.41, 5.74) is -0.446. The number of carbonyl (C=O) groups is 2. The lowest BCUT2D eigenvalue weighted by Gasteiger charge is -2.20. The molecule has 2 aromatic rings. The van der Waals surface area contributed by atoms with Gasteiger partial charge in [0.25, 0.3) is 5.91 Å². The first-order chi connectivity index (χ1) is 11.4. The Morgan fingerprint density at radius 1 is 1.25 bits per heavy atom. The lowest BCUT2D eigenvalue weighted by molar-refractivity contribution is -0.118. The van der Waals surface area contributed by atoms with E-state index in [1.54, 1.807) is 6.07 Å². The van der Waals surface area contributed by atoms with Gasteiger partial charge in [-0.1, -0.05) is 13.8 Å². The number of rotatable bonds is 6. The second-order valence-electron chi connectivity index (χ2n) is 5.74. The molecule has 0 spiro atoms. The summed E-state index contributed by atoms with van der Waals surface area (Å²) in [6.45, 7) is 3.76. The van der Waals surface area contributed by atoms with Gasteiger partial charge in [-0.2, -0.15) is 5.10 Å². The average molecular weight is 336 g/mol. The molecule has 0 saturated heterocycles. The number of halogens is 2. The van der Waals surface area contributed by atoms with Crippen LogP contribution in [-0.4, -0.2) is 28.1 Å². The summed E-state index contributed by atoms with van der Waals surface area (Å²) in [6.07, 6.45) is 1.80. The third-order valence-electron chi connectivity index (χ3n) is 3.26. The van der Waals surface area contributed by atoms with E-state index >= 15 is 0 Å². The molecule has 0 aliphatic rings. The molecule has 0 radical (unpaired) electrons. The second kappa shape index (κ2) is 7.67. The minimum absolute atomic E-state index is 0.0974. The van der Waals surface area contributed by atoms with Crippen molar-refractivity contribution in [2.45, 2.75) is 26.3 Å². The Morgan fingerprint density at radius 2 is 2.00 bits per heavy atom. The van der Waals surface area contributed by atoms with Crippen molar-refractivity contribution in [3.63, 3.8) is 0 Å². The van der Waals surface area contributed by atoms with Gasteiger partial charge in [-0.05, 0) is 30.5 Å². The third-order valence-corrected chi connectivity index (χ3v) is 3.26. The molecule has 1 heterocycles. The fourth-order valence-corrected chi connectivity index (χ4v) is 2.16. The predicted molar refractivity (Wildman–Crippen MR) is 84.3 cm³/mol. The summed E-state index contributed by atoms with van der Waals surface area (Å²) in [5.74, 6) is -2.44. The Hall–Kier alpha value is -2.77. The molecule has 0 saturated carbocycles. The number of aromatic nitrogens is 2. The van der Waals surface area contributed by atoms with Crippen LogP contribution in [0.2, 0.25) is 0 Å². The average Bonchev–Trinajstić information content (AvgIpc) is 3.01.